The number of benzene rings is 3. The van der Waals surface area contributed by atoms with Crippen LogP contribution in [0.4, 0.5) is 11.4 Å². The normalized spacial score (nSPS) is 11.9. The Morgan fingerprint density at radius 3 is 2.23 bits per heavy atom. The fourth-order valence-corrected chi connectivity index (χ4v) is 3.03. The molecule has 0 aliphatic heterocycles. The van der Waals surface area contributed by atoms with E-state index < -0.39 is 0 Å². The molecule has 2 heteroatoms. The molecular weight excluding hydrogens is 318 g/mol. The lowest BCUT2D eigenvalue weighted by molar-refractivity contribution is 0.0324. The number of para-hydroxylation sites is 1. The van der Waals surface area contributed by atoms with Crippen LogP contribution in [-0.4, -0.2) is 0 Å². The lowest BCUT2D eigenvalue weighted by atomic mass is 10.0. The highest BCUT2D eigenvalue weighted by molar-refractivity contribution is 5.59. The average Bonchev–Trinajstić information content (AvgIpc) is 2.70. The van der Waals surface area contributed by atoms with E-state index in [1.165, 1.54) is 24.0 Å². The van der Waals surface area contributed by atoms with Crippen molar-refractivity contribution in [2.75, 3.05) is 5.32 Å². The van der Waals surface area contributed by atoms with E-state index in [9.17, 15) is 0 Å². The molecule has 0 radical (unpaired) electrons. The summed E-state index contributed by atoms with van der Waals surface area (Å²) in [6.45, 7) is 2.84. The molecule has 1 unspecified atom stereocenters. The minimum atomic E-state index is 0.155. The van der Waals surface area contributed by atoms with Crippen molar-refractivity contribution in [2.45, 2.75) is 38.9 Å². The van der Waals surface area contributed by atoms with E-state index in [2.05, 4.69) is 79.0 Å². The van der Waals surface area contributed by atoms with Crippen LogP contribution in [0.15, 0.2) is 84.9 Å². The van der Waals surface area contributed by atoms with E-state index in [4.69, 9.17) is 4.74 Å². The molecule has 0 aliphatic rings. The van der Waals surface area contributed by atoms with Gasteiger partial charge in [-0.2, -0.15) is 0 Å². The summed E-state index contributed by atoms with van der Waals surface area (Å²) in [5, 5.41) is 3.44. The summed E-state index contributed by atoms with van der Waals surface area (Å²) in [6.07, 6.45) is 3.57. The van der Waals surface area contributed by atoms with Gasteiger partial charge in [-0.15, -0.1) is 0 Å². The second-order valence-corrected chi connectivity index (χ2v) is 6.54. The monoisotopic (exact) mass is 345 g/mol. The van der Waals surface area contributed by atoms with Crippen LogP contribution in [0.1, 0.15) is 43.4 Å². The zero-order chi connectivity index (χ0) is 18.0. The SMILES string of the molecule is CCCCC(OCc1cccc(Nc2ccccc2)c1)c1ccccc1. The fraction of sp³-hybridized carbons (Fsp3) is 0.250. The molecule has 0 saturated carbocycles. The van der Waals surface area contributed by atoms with Crippen molar-refractivity contribution in [1.29, 1.82) is 0 Å². The van der Waals surface area contributed by atoms with Gasteiger partial charge in [0.25, 0.3) is 0 Å². The smallest absolute Gasteiger partial charge is 0.0829 e. The average molecular weight is 345 g/mol. The van der Waals surface area contributed by atoms with Crippen LogP contribution in [0.2, 0.25) is 0 Å². The minimum Gasteiger partial charge on any atom is -0.369 e. The number of ether oxygens (including phenoxy) is 1. The maximum atomic E-state index is 6.29. The van der Waals surface area contributed by atoms with E-state index in [1.54, 1.807) is 0 Å². The van der Waals surface area contributed by atoms with Gasteiger partial charge in [0.2, 0.25) is 0 Å². The highest BCUT2D eigenvalue weighted by atomic mass is 16.5. The van der Waals surface area contributed by atoms with E-state index in [-0.39, 0.29) is 6.10 Å². The predicted molar refractivity (Wildman–Crippen MR) is 110 cm³/mol. The predicted octanol–water partition coefficient (Wildman–Crippen LogP) is 6.88. The van der Waals surface area contributed by atoms with Gasteiger partial charge in [-0.05, 0) is 41.8 Å². The van der Waals surface area contributed by atoms with Gasteiger partial charge >= 0.3 is 0 Å². The molecule has 0 amide bonds. The Bertz CT molecular complexity index is 770. The molecule has 2 nitrogen and oxygen atoms in total. The maximum Gasteiger partial charge on any atom is 0.0829 e. The van der Waals surface area contributed by atoms with Crippen LogP contribution in [0.5, 0.6) is 0 Å². The molecule has 0 saturated heterocycles. The first-order chi connectivity index (χ1) is 12.8. The first-order valence-electron chi connectivity index (χ1n) is 9.42. The van der Waals surface area contributed by atoms with Crippen LogP contribution in [0, 0.1) is 0 Å². The summed E-state index contributed by atoms with van der Waals surface area (Å²) in [4.78, 5) is 0. The van der Waals surface area contributed by atoms with Gasteiger partial charge in [0.15, 0.2) is 0 Å². The summed E-state index contributed by atoms with van der Waals surface area (Å²) in [5.74, 6) is 0. The van der Waals surface area contributed by atoms with E-state index in [1.807, 2.05) is 18.2 Å². The molecule has 0 heterocycles. The summed E-state index contributed by atoms with van der Waals surface area (Å²) in [6, 6.07) is 29.2. The van der Waals surface area contributed by atoms with Crippen molar-refractivity contribution in [3.05, 3.63) is 96.1 Å². The molecule has 1 N–H and O–H groups in total. The van der Waals surface area contributed by atoms with Crippen LogP contribution in [0.25, 0.3) is 0 Å². The third-order valence-electron chi connectivity index (χ3n) is 4.43. The highest BCUT2D eigenvalue weighted by Gasteiger charge is 2.11. The first kappa shape index (κ1) is 18.2. The molecule has 26 heavy (non-hydrogen) atoms. The number of hydrogen-bond acceptors (Lipinski definition) is 2. The van der Waals surface area contributed by atoms with E-state index >= 15 is 0 Å². The van der Waals surface area contributed by atoms with Crippen molar-refractivity contribution < 1.29 is 4.74 Å². The molecule has 1 atom stereocenters. The van der Waals surface area contributed by atoms with Crippen LogP contribution in [-0.2, 0) is 11.3 Å². The quantitative estimate of drug-likeness (QED) is 0.456. The van der Waals surface area contributed by atoms with Gasteiger partial charge in [0.1, 0.15) is 0 Å². The number of rotatable bonds is 9. The Morgan fingerprint density at radius 1 is 0.808 bits per heavy atom. The third kappa shape index (κ3) is 5.47. The first-order valence-corrected chi connectivity index (χ1v) is 9.42. The summed E-state index contributed by atoms with van der Waals surface area (Å²) >= 11 is 0. The van der Waals surface area contributed by atoms with Gasteiger partial charge in [-0.3, -0.25) is 0 Å². The molecule has 3 aromatic carbocycles. The fourth-order valence-electron chi connectivity index (χ4n) is 3.03. The summed E-state index contributed by atoms with van der Waals surface area (Å²) < 4.78 is 6.29. The van der Waals surface area contributed by atoms with Crippen molar-refractivity contribution in [3.8, 4) is 0 Å². The van der Waals surface area contributed by atoms with E-state index in [0.717, 1.165) is 17.8 Å². The van der Waals surface area contributed by atoms with Gasteiger partial charge < -0.3 is 10.1 Å². The lowest BCUT2D eigenvalue weighted by Crippen LogP contribution is -2.05. The highest BCUT2D eigenvalue weighted by Crippen LogP contribution is 2.25. The lowest BCUT2D eigenvalue weighted by Gasteiger charge is -2.18. The van der Waals surface area contributed by atoms with Gasteiger partial charge in [-0.25, -0.2) is 0 Å². The van der Waals surface area contributed by atoms with Gasteiger partial charge in [0.05, 0.1) is 12.7 Å². The van der Waals surface area contributed by atoms with Crippen LogP contribution >= 0.6 is 0 Å². The Morgan fingerprint density at radius 2 is 1.50 bits per heavy atom. The van der Waals surface area contributed by atoms with Crippen LogP contribution in [0.3, 0.4) is 0 Å². The molecule has 0 spiro atoms. The second-order valence-electron chi connectivity index (χ2n) is 6.54. The second kappa shape index (κ2) is 9.79. The van der Waals surface area contributed by atoms with Crippen LogP contribution < -0.4 is 5.32 Å². The van der Waals surface area contributed by atoms with Crippen molar-refractivity contribution in [2.24, 2.45) is 0 Å². The third-order valence-corrected chi connectivity index (χ3v) is 4.43. The Labute approximate surface area is 156 Å². The molecule has 0 aromatic heterocycles. The number of nitrogens with one attached hydrogen (secondary N) is 1. The Hall–Kier alpha value is -2.58. The topological polar surface area (TPSA) is 21.3 Å². The molecule has 3 aromatic rings. The zero-order valence-electron chi connectivity index (χ0n) is 15.4. The van der Waals surface area contributed by atoms with E-state index in [0.29, 0.717) is 6.61 Å². The zero-order valence-corrected chi connectivity index (χ0v) is 15.4. The molecule has 0 bridgehead atoms. The summed E-state index contributed by atoms with van der Waals surface area (Å²) in [5.41, 5.74) is 4.63. The molecule has 134 valence electrons. The largest absolute Gasteiger partial charge is 0.369 e. The minimum absolute atomic E-state index is 0.155. The Balaban J connectivity index is 1.64. The number of hydrogen-bond donors (Lipinski definition) is 1. The molecule has 0 fully saturated rings. The van der Waals surface area contributed by atoms with Gasteiger partial charge in [0, 0.05) is 11.4 Å². The molecule has 0 aliphatic carbocycles. The van der Waals surface area contributed by atoms with Crippen molar-refractivity contribution in [3.63, 3.8) is 0 Å². The standard InChI is InChI=1S/C24H27NO/c1-2-3-17-24(21-12-6-4-7-13-21)26-19-20-11-10-16-23(18-20)25-22-14-8-5-9-15-22/h4-16,18,24-25H,2-3,17,19H2,1H3. The maximum absolute atomic E-state index is 6.29. The molecular formula is C24H27NO. The van der Waals surface area contributed by atoms with Crippen molar-refractivity contribution >= 4 is 11.4 Å². The number of unbranched alkanes of at least 4 members (excludes halogenated alkanes) is 1. The number of anilines is 2. The Kier molecular flexibility index (Phi) is 6.86. The summed E-state index contributed by atoms with van der Waals surface area (Å²) in [7, 11) is 0. The van der Waals surface area contributed by atoms with Crippen molar-refractivity contribution in [1.82, 2.24) is 0 Å². The molecule has 3 rings (SSSR count). The van der Waals surface area contributed by atoms with Gasteiger partial charge in [-0.1, -0.05) is 80.4 Å².